The number of nitrogens with zero attached hydrogens (tertiary/aromatic N) is 2. The molecule has 1 aliphatic heterocycles. The maximum atomic E-state index is 10.2. The summed E-state index contributed by atoms with van der Waals surface area (Å²) in [5.74, 6) is 2.42. The van der Waals surface area contributed by atoms with Gasteiger partial charge in [-0.15, -0.1) is 0 Å². The van der Waals surface area contributed by atoms with Crippen LogP contribution in [0.25, 0.3) is 0 Å². The van der Waals surface area contributed by atoms with Crippen LogP contribution in [0.15, 0.2) is 18.2 Å². The molecule has 1 aromatic carbocycles. The van der Waals surface area contributed by atoms with Gasteiger partial charge in [-0.3, -0.25) is 0 Å². The average molecular weight is 471 g/mol. The van der Waals surface area contributed by atoms with Crippen LogP contribution < -0.4 is 26.4 Å². The second-order valence-corrected chi connectivity index (χ2v) is 9.31. The quantitative estimate of drug-likeness (QED) is 0.322. The Bertz CT molecular complexity index is 956. The highest BCUT2D eigenvalue weighted by molar-refractivity contribution is 5.64. The van der Waals surface area contributed by atoms with E-state index in [0.717, 1.165) is 68.7 Å². The summed E-state index contributed by atoms with van der Waals surface area (Å²) in [5.41, 5.74) is 8.93. The van der Waals surface area contributed by atoms with E-state index in [9.17, 15) is 10.2 Å². The topological polar surface area (TPSA) is 138 Å². The van der Waals surface area contributed by atoms with Gasteiger partial charge in [-0.1, -0.05) is 13.0 Å². The third kappa shape index (κ3) is 5.78. The monoisotopic (exact) mass is 470 g/mol. The summed E-state index contributed by atoms with van der Waals surface area (Å²) in [5, 5.41) is 30.3. The zero-order valence-electron chi connectivity index (χ0n) is 20.2. The summed E-state index contributed by atoms with van der Waals surface area (Å²) < 4.78 is 5.72. The zero-order chi connectivity index (χ0) is 24.1. The van der Waals surface area contributed by atoms with Crippen LogP contribution in [0.4, 0.5) is 17.3 Å². The van der Waals surface area contributed by atoms with E-state index in [1.54, 1.807) is 7.11 Å². The van der Waals surface area contributed by atoms with Crippen molar-refractivity contribution < 1.29 is 14.9 Å². The van der Waals surface area contributed by atoms with E-state index in [1.807, 2.05) is 19.1 Å². The molecule has 0 radical (unpaired) electrons. The largest absolute Gasteiger partial charge is 0.496 e. The first kappa shape index (κ1) is 24.7. The normalized spacial score (nSPS) is 22.3. The van der Waals surface area contributed by atoms with Gasteiger partial charge in [0.25, 0.3) is 0 Å². The molecule has 0 spiro atoms. The number of nitrogens with two attached hydrogens (primary N) is 1. The van der Waals surface area contributed by atoms with Crippen LogP contribution in [0.1, 0.15) is 74.5 Å². The number of aliphatic hydroxyl groups excluding tert-OH is 2. The number of methoxy groups -OCH3 is 1. The minimum Gasteiger partial charge on any atom is -0.496 e. The first-order valence-corrected chi connectivity index (χ1v) is 12.4. The maximum Gasteiger partial charge on any atom is 0.158 e. The third-order valence-corrected chi connectivity index (χ3v) is 6.92. The van der Waals surface area contributed by atoms with Crippen LogP contribution in [0, 0.1) is 0 Å². The first-order valence-electron chi connectivity index (χ1n) is 12.4. The van der Waals surface area contributed by atoms with Gasteiger partial charge in [0, 0.05) is 17.8 Å². The molecule has 1 saturated heterocycles. The fourth-order valence-corrected chi connectivity index (χ4v) is 4.95. The molecule has 0 bridgehead atoms. The number of anilines is 3. The van der Waals surface area contributed by atoms with Gasteiger partial charge in [0.1, 0.15) is 23.5 Å². The lowest BCUT2D eigenvalue weighted by Crippen LogP contribution is -2.29. The predicted octanol–water partition coefficient (Wildman–Crippen LogP) is 2.92. The molecule has 4 rings (SSSR count). The molecule has 34 heavy (non-hydrogen) atoms. The van der Waals surface area contributed by atoms with Gasteiger partial charge in [0.05, 0.1) is 18.9 Å². The maximum absolute atomic E-state index is 10.2. The highest BCUT2D eigenvalue weighted by atomic mass is 16.5. The van der Waals surface area contributed by atoms with Crippen molar-refractivity contribution in [2.75, 3.05) is 30.8 Å². The Labute approximate surface area is 201 Å². The number of aryl methyl sites for hydroxylation is 1. The van der Waals surface area contributed by atoms with Crippen molar-refractivity contribution in [1.29, 1.82) is 0 Å². The van der Waals surface area contributed by atoms with Crippen LogP contribution >= 0.6 is 0 Å². The van der Waals surface area contributed by atoms with Crippen LogP contribution in [-0.4, -0.2) is 52.5 Å². The highest BCUT2D eigenvalue weighted by Gasteiger charge is 2.24. The minimum atomic E-state index is -1.25. The number of nitrogens with one attached hydrogen (secondary N) is 3. The number of rotatable bonds is 8. The molecule has 1 aliphatic carbocycles. The van der Waals surface area contributed by atoms with Crippen LogP contribution in [0.2, 0.25) is 0 Å². The highest BCUT2D eigenvalue weighted by Crippen LogP contribution is 2.36. The molecule has 2 fully saturated rings. The molecule has 9 heteroatoms. The van der Waals surface area contributed by atoms with E-state index in [4.69, 9.17) is 15.5 Å². The standard InChI is InChI=1S/C25H38N6O3/c1-3-20-24(28-16-4-7-18(32)8-5-16)31-25(22(30-20)23(26)33)29-17-6-9-19(21(14-17)34-2)15-10-12-27-13-11-15/h6,9,14-16,18,23,27,32-33H,3-5,7-8,10-13,26H2,1-2H3,(H2,28,29,31)/t16-,18-,23?. The summed E-state index contributed by atoms with van der Waals surface area (Å²) in [6, 6.07) is 6.32. The molecular weight excluding hydrogens is 432 g/mol. The van der Waals surface area contributed by atoms with Crippen molar-refractivity contribution in [3.05, 3.63) is 35.2 Å². The molecule has 9 nitrogen and oxygen atoms in total. The van der Waals surface area contributed by atoms with Gasteiger partial charge in [0.2, 0.25) is 0 Å². The molecule has 1 atom stereocenters. The van der Waals surface area contributed by atoms with Crippen molar-refractivity contribution in [3.63, 3.8) is 0 Å². The SMILES string of the molecule is CCc1nc(C(N)O)c(Nc2ccc(C3CCNCC3)c(OC)c2)nc1N[C@H]1CC[C@H](O)CC1. The first-order chi connectivity index (χ1) is 16.5. The summed E-state index contributed by atoms with van der Waals surface area (Å²) >= 11 is 0. The van der Waals surface area contributed by atoms with Gasteiger partial charge in [0.15, 0.2) is 5.82 Å². The molecule has 2 aliphatic rings. The van der Waals surface area contributed by atoms with Crippen LogP contribution in [-0.2, 0) is 6.42 Å². The molecule has 7 N–H and O–H groups in total. The summed E-state index contributed by atoms with van der Waals surface area (Å²) in [6.45, 7) is 4.03. The van der Waals surface area contributed by atoms with Crippen molar-refractivity contribution >= 4 is 17.3 Å². The summed E-state index contributed by atoms with van der Waals surface area (Å²) in [4.78, 5) is 9.46. The molecule has 186 valence electrons. The van der Waals surface area contributed by atoms with E-state index in [2.05, 4.69) is 27.0 Å². The van der Waals surface area contributed by atoms with Crippen molar-refractivity contribution in [2.24, 2.45) is 5.73 Å². The number of aromatic nitrogens is 2. The molecule has 2 aromatic rings. The van der Waals surface area contributed by atoms with Crippen molar-refractivity contribution in [1.82, 2.24) is 15.3 Å². The predicted molar refractivity (Wildman–Crippen MR) is 134 cm³/mol. The number of aliphatic hydroxyl groups is 2. The van der Waals surface area contributed by atoms with Gasteiger partial charge in [-0.05, 0) is 75.6 Å². The molecule has 1 unspecified atom stereocenters. The van der Waals surface area contributed by atoms with Crippen molar-refractivity contribution in [2.45, 2.75) is 76.2 Å². The molecular formula is C25H38N6O3. The summed E-state index contributed by atoms with van der Waals surface area (Å²) in [7, 11) is 1.69. The lowest BCUT2D eigenvalue weighted by Gasteiger charge is -2.28. The van der Waals surface area contributed by atoms with Crippen LogP contribution in [0.5, 0.6) is 5.75 Å². The Balaban J connectivity index is 1.60. The lowest BCUT2D eigenvalue weighted by molar-refractivity contribution is 0.126. The average Bonchev–Trinajstić information content (AvgIpc) is 2.86. The Morgan fingerprint density at radius 1 is 1.12 bits per heavy atom. The Morgan fingerprint density at radius 2 is 1.85 bits per heavy atom. The molecule has 0 amide bonds. The fraction of sp³-hybridized carbons (Fsp3) is 0.600. The third-order valence-electron chi connectivity index (χ3n) is 6.92. The van der Waals surface area contributed by atoms with Gasteiger partial charge < -0.3 is 36.6 Å². The van der Waals surface area contributed by atoms with E-state index >= 15 is 0 Å². The lowest BCUT2D eigenvalue weighted by atomic mass is 9.89. The smallest absolute Gasteiger partial charge is 0.158 e. The molecule has 1 saturated carbocycles. The zero-order valence-corrected chi connectivity index (χ0v) is 20.2. The van der Waals surface area contributed by atoms with Gasteiger partial charge in [-0.25, -0.2) is 9.97 Å². The van der Waals surface area contributed by atoms with E-state index in [-0.39, 0.29) is 12.1 Å². The molecule has 2 heterocycles. The molecule has 1 aromatic heterocycles. The minimum absolute atomic E-state index is 0.218. The van der Waals surface area contributed by atoms with Gasteiger partial charge >= 0.3 is 0 Å². The van der Waals surface area contributed by atoms with Crippen molar-refractivity contribution in [3.8, 4) is 5.75 Å². The number of hydrogen-bond donors (Lipinski definition) is 6. The fourth-order valence-electron chi connectivity index (χ4n) is 4.95. The summed E-state index contributed by atoms with van der Waals surface area (Å²) in [6.07, 6.45) is 4.68. The van der Waals surface area contributed by atoms with E-state index in [1.165, 1.54) is 5.56 Å². The Hall–Kier alpha value is -2.46. The number of ether oxygens (including phenoxy) is 1. The second kappa shape index (κ2) is 11.3. The van der Waals surface area contributed by atoms with E-state index < -0.39 is 6.23 Å². The number of benzene rings is 1. The second-order valence-electron chi connectivity index (χ2n) is 9.31. The van der Waals surface area contributed by atoms with Crippen LogP contribution in [0.3, 0.4) is 0 Å². The van der Waals surface area contributed by atoms with Gasteiger partial charge in [-0.2, -0.15) is 0 Å². The number of hydrogen-bond acceptors (Lipinski definition) is 9. The Kier molecular flexibility index (Phi) is 8.20. The van der Waals surface area contributed by atoms with E-state index in [0.29, 0.717) is 29.7 Å². The Morgan fingerprint density at radius 3 is 2.50 bits per heavy atom. The number of piperidine rings is 1.